The average Bonchev–Trinajstić information content (AvgIpc) is 3.76. The molecule has 2 atom stereocenters. The van der Waals surface area contributed by atoms with Crippen LogP contribution in [0.5, 0.6) is 0 Å². The van der Waals surface area contributed by atoms with E-state index >= 15 is 4.39 Å². The normalized spacial score (nSPS) is 18.1. The number of pyridine rings is 1. The van der Waals surface area contributed by atoms with Gasteiger partial charge in [0.05, 0.1) is 52.9 Å². The lowest BCUT2D eigenvalue weighted by atomic mass is 9.89. The van der Waals surface area contributed by atoms with Crippen LogP contribution in [0.1, 0.15) is 48.9 Å². The Morgan fingerprint density at radius 2 is 1.60 bits per heavy atom. The quantitative estimate of drug-likeness (QED) is 0.137. The minimum absolute atomic E-state index is 0.0149. The number of benzene rings is 2. The Bertz CT molecular complexity index is 2350. The summed E-state index contributed by atoms with van der Waals surface area (Å²) in [5.41, 5.74) is 6.58. The molecule has 2 aliphatic rings. The Morgan fingerprint density at radius 1 is 0.982 bits per heavy atom. The Labute approximate surface area is 321 Å². The van der Waals surface area contributed by atoms with Crippen molar-refractivity contribution in [3.63, 3.8) is 0 Å². The molecule has 13 nitrogen and oxygen atoms in total. The predicted molar refractivity (Wildman–Crippen MR) is 196 cm³/mol. The molecule has 0 radical (unpaired) electrons. The topological polar surface area (TPSA) is 176 Å². The molecule has 0 aliphatic carbocycles. The van der Waals surface area contributed by atoms with E-state index in [1.807, 2.05) is 20.0 Å². The maximum Gasteiger partial charge on any atom is 0.490 e. The zero-order chi connectivity index (χ0) is 42.4. The molecular weight excluding hydrogens is 767 g/mol. The van der Waals surface area contributed by atoms with Gasteiger partial charge >= 0.3 is 24.3 Å². The van der Waals surface area contributed by atoms with E-state index in [1.165, 1.54) is 0 Å². The van der Waals surface area contributed by atoms with Crippen LogP contribution in [0, 0.1) is 37.9 Å². The number of anilines is 1. The lowest BCUT2D eigenvalue weighted by Gasteiger charge is -2.52. The van der Waals surface area contributed by atoms with E-state index in [9.17, 15) is 31.6 Å². The van der Waals surface area contributed by atoms with Gasteiger partial charge in [0, 0.05) is 35.5 Å². The summed E-state index contributed by atoms with van der Waals surface area (Å²) in [5, 5.41) is 42.0. The van der Waals surface area contributed by atoms with Crippen molar-refractivity contribution in [2.75, 3.05) is 38.6 Å². The number of likely N-dealkylation sites (N-methyl/N-ethyl adjacent to an activating group) is 1. The third-order valence-corrected chi connectivity index (χ3v) is 10.5. The molecule has 306 valence electrons. The second-order valence-corrected chi connectivity index (χ2v) is 14.6. The van der Waals surface area contributed by atoms with Crippen LogP contribution >= 0.6 is 0 Å². The number of rotatable bonds is 5. The second-order valence-electron chi connectivity index (χ2n) is 14.6. The number of aromatic amines is 1. The smallest absolute Gasteiger partial charge is 0.475 e. The molecule has 0 bridgehead atoms. The minimum atomic E-state index is -5.08. The van der Waals surface area contributed by atoms with Crippen molar-refractivity contribution in [2.24, 2.45) is 0 Å². The lowest BCUT2D eigenvalue weighted by molar-refractivity contribution is -0.193. The summed E-state index contributed by atoms with van der Waals surface area (Å²) in [6.45, 7) is 10.7. The first-order valence-electron chi connectivity index (χ1n) is 17.6. The maximum atomic E-state index is 17.2. The van der Waals surface area contributed by atoms with Crippen molar-refractivity contribution >= 4 is 50.5 Å². The van der Waals surface area contributed by atoms with Crippen LogP contribution in [0.2, 0.25) is 0 Å². The van der Waals surface area contributed by atoms with Gasteiger partial charge in [-0.05, 0) is 95.6 Å². The van der Waals surface area contributed by atoms with Crippen molar-refractivity contribution in [3.8, 4) is 17.2 Å². The molecule has 2 aliphatic heterocycles. The van der Waals surface area contributed by atoms with Crippen LogP contribution in [0.3, 0.4) is 0 Å². The van der Waals surface area contributed by atoms with Crippen molar-refractivity contribution in [1.29, 1.82) is 5.26 Å². The number of aromatic nitrogens is 5. The van der Waals surface area contributed by atoms with Crippen LogP contribution < -0.4 is 10.2 Å². The number of fused-ring (bicyclic) bond motifs is 4. The van der Waals surface area contributed by atoms with Gasteiger partial charge < -0.3 is 25.3 Å². The summed E-state index contributed by atoms with van der Waals surface area (Å²) < 4.78 is 82.7. The fourth-order valence-corrected chi connectivity index (χ4v) is 7.17. The van der Waals surface area contributed by atoms with E-state index in [0.717, 1.165) is 87.7 Å². The number of hydrogen-bond donors (Lipinski definition) is 4. The summed E-state index contributed by atoms with van der Waals surface area (Å²) in [5.74, 6) is -5.05. The number of H-pyrrole nitrogens is 1. The number of nitrogens with zero attached hydrogens (tertiary/aromatic N) is 7. The molecule has 0 amide bonds. The molecule has 0 spiro atoms. The number of carboxylic acids is 2. The van der Waals surface area contributed by atoms with Crippen LogP contribution in [-0.4, -0.2) is 110 Å². The molecule has 2 fully saturated rings. The Balaban J connectivity index is 0.000000380. The number of nitriles is 1. The number of carbonyl (C=O) groups is 2. The van der Waals surface area contributed by atoms with Gasteiger partial charge in [0.1, 0.15) is 11.3 Å². The highest BCUT2D eigenvalue weighted by atomic mass is 19.4. The molecule has 3 aromatic heterocycles. The molecule has 2 aromatic carbocycles. The van der Waals surface area contributed by atoms with Gasteiger partial charge in [-0.15, -0.1) is 0 Å². The maximum absolute atomic E-state index is 17.2. The number of hydrogen-bond acceptors (Lipinski definition) is 9. The highest BCUT2D eigenvalue weighted by molar-refractivity contribution is 6.11. The molecule has 4 N–H and O–H groups in total. The van der Waals surface area contributed by atoms with E-state index in [2.05, 4.69) is 76.1 Å². The zero-order valence-electron chi connectivity index (χ0n) is 31.7. The monoisotopic (exact) mass is 807 g/mol. The number of nitrogens with one attached hydrogen (secondary N) is 2. The van der Waals surface area contributed by atoms with Gasteiger partial charge in [-0.3, -0.25) is 9.78 Å². The first kappa shape index (κ1) is 42.6. The molecular formula is C37H40F7N9O4. The lowest BCUT2D eigenvalue weighted by Crippen LogP contribution is -2.67. The molecule has 7 rings (SSSR count). The summed E-state index contributed by atoms with van der Waals surface area (Å²) >= 11 is 0. The second kappa shape index (κ2) is 15.8. The number of piperidine rings is 1. The fourth-order valence-electron chi connectivity index (χ4n) is 7.17. The standard InChI is InChI=1S/C33H38FN9.2C2HF3O2/c1-18-12-26-24(14-37-40-26)28(20(18)3)27-19(2)11-23-30(29(27)34)39-32(42-16-33(4,17-42)41(5)6)25-15-38-43(31(23)25)22-8-10-36-21(13-22)7-9-35;2*3-2(4,5)1(6)7/h11-12,14-15,21-22,36H,7-8,10,13,16-17H2,1-6H3,(H,37,40);2*(H,6,7)/t21-,22+;;/m1../s1. The average molecular weight is 808 g/mol. The SMILES string of the molecule is Cc1cc2[nH]ncc2c(-c2c(C)cc3c(nc(N4CC(C)(N(C)C)C4)c4cnn([C@H]5CCN[C@H](CC#N)C5)c43)c2F)c1C.O=C(O)C(F)(F)F.O=C(O)C(F)(F)F. The summed E-state index contributed by atoms with van der Waals surface area (Å²) in [7, 11) is 4.20. The zero-order valence-corrected chi connectivity index (χ0v) is 31.7. The number of aliphatic carboxylic acids is 2. The molecule has 0 unspecified atom stereocenters. The molecule has 2 saturated heterocycles. The van der Waals surface area contributed by atoms with E-state index in [1.54, 1.807) is 6.20 Å². The summed E-state index contributed by atoms with van der Waals surface area (Å²) in [4.78, 5) is 27.4. The summed E-state index contributed by atoms with van der Waals surface area (Å²) in [6, 6.07) is 6.68. The van der Waals surface area contributed by atoms with Gasteiger partial charge in [0.2, 0.25) is 0 Å². The van der Waals surface area contributed by atoms with Crippen molar-refractivity contribution in [3.05, 3.63) is 47.0 Å². The van der Waals surface area contributed by atoms with Gasteiger partial charge in [0.15, 0.2) is 5.82 Å². The predicted octanol–water partition coefficient (Wildman–Crippen LogP) is 6.81. The molecule has 5 heterocycles. The van der Waals surface area contributed by atoms with Gasteiger partial charge in [0.25, 0.3) is 0 Å². The Morgan fingerprint density at radius 3 is 2.16 bits per heavy atom. The van der Waals surface area contributed by atoms with Crippen LogP contribution in [0.15, 0.2) is 24.5 Å². The fraction of sp³-hybridized carbons (Fsp3) is 0.459. The first-order valence-corrected chi connectivity index (χ1v) is 17.6. The van der Waals surface area contributed by atoms with Gasteiger partial charge in [-0.25, -0.2) is 19.0 Å². The highest BCUT2D eigenvalue weighted by Gasteiger charge is 2.43. The third kappa shape index (κ3) is 8.44. The highest BCUT2D eigenvalue weighted by Crippen LogP contribution is 2.44. The Kier molecular flexibility index (Phi) is 11.8. The third-order valence-electron chi connectivity index (χ3n) is 10.5. The van der Waals surface area contributed by atoms with Gasteiger partial charge in [-0.1, -0.05) is 0 Å². The van der Waals surface area contributed by atoms with Crippen molar-refractivity contribution < 1.29 is 50.5 Å². The number of alkyl halides is 6. The van der Waals surface area contributed by atoms with E-state index in [-0.39, 0.29) is 23.4 Å². The molecule has 5 aromatic rings. The van der Waals surface area contributed by atoms with Crippen LogP contribution in [0.4, 0.5) is 36.6 Å². The first-order chi connectivity index (χ1) is 26.5. The van der Waals surface area contributed by atoms with E-state index in [0.29, 0.717) is 17.5 Å². The summed E-state index contributed by atoms with van der Waals surface area (Å²) in [6.07, 6.45) is -4.33. The Hall–Kier alpha value is -5.55. The minimum Gasteiger partial charge on any atom is -0.475 e. The number of halogens is 7. The van der Waals surface area contributed by atoms with E-state index < -0.39 is 24.3 Å². The molecule has 57 heavy (non-hydrogen) atoms. The molecule has 20 heteroatoms. The van der Waals surface area contributed by atoms with Crippen LogP contribution in [0.25, 0.3) is 43.8 Å². The van der Waals surface area contributed by atoms with Crippen molar-refractivity contribution in [2.45, 2.75) is 76.9 Å². The number of carboxylic acid groups (broad SMARTS) is 2. The number of aryl methyl sites for hydroxylation is 2. The van der Waals surface area contributed by atoms with Crippen molar-refractivity contribution in [1.82, 2.24) is 35.2 Å². The molecule has 0 saturated carbocycles. The van der Waals surface area contributed by atoms with E-state index in [4.69, 9.17) is 29.9 Å². The largest absolute Gasteiger partial charge is 0.490 e. The van der Waals surface area contributed by atoms with Gasteiger partial charge in [-0.2, -0.15) is 41.8 Å². The van der Waals surface area contributed by atoms with Crippen LogP contribution in [-0.2, 0) is 9.59 Å².